The van der Waals surface area contributed by atoms with E-state index in [1.54, 1.807) is 0 Å². The van der Waals surface area contributed by atoms with Crippen LogP contribution in [0.25, 0.3) is 0 Å². The molecule has 1 aromatic rings. The summed E-state index contributed by atoms with van der Waals surface area (Å²) in [6, 6.07) is 9.61. The van der Waals surface area contributed by atoms with E-state index in [0.29, 0.717) is 38.6 Å². The molecule has 2 rings (SSSR count). The Bertz CT molecular complexity index is 700. The number of rotatable bonds is 12. The molecule has 0 aromatic heterocycles. The van der Waals surface area contributed by atoms with Crippen LogP contribution >= 0.6 is 0 Å². The lowest BCUT2D eigenvalue weighted by Gasteiger charge is -2.28. The highest BCUT2D eigenvalue weighted by atomic mass is 16.2. The number of nitrogens with one attached hydrogen (secondary N) is 2. The van der Waals surface area contributed by atoms with Crippen LogP contribution < -0.4 is 16.4 Å². The molecule has 0 saturated heterocycles. The lowest BCUT2D eigenvalue weighted by molar-refractivity contribution is -0.142. The minimum absolute atomic E-state index is 0.0217. The number of nitrogens with two attached hydrogens (primary N) is 1. The van der Waals surface area contributed by atoms with Gasteiger partial charge in [0.05, 0.1) is 0 Å². The van der Waals surface area contributed by atoms with Crippen molar-refractivity contribution in [3.05, 3.63) is 35.9 Å². The Balaban J connectivity index is 1.96. The first kappa shape index (κ1) is 23.9. The van der Waals surface area contributed by atoms with E-state index in [1.807, 2.05) is 44.4 Å². The van der Waals surface area contributed by atoms with Gasteiger partial charge >= 0.3 is 0 Å². The quantitative estimate of drug-likeness (QED) is 0.356. The molecular weight excluding hydrogens is 380 g/mol. The minimum Gasteiger partial charge on any atom is -0.369 e. The fourth-order valence-electron chi connectivity index (χ4n) is 4.03. The molecule has 0 radical (unpaired) electrons. The second kappa shape index (κ2) is 11.7. The lowest BCUT2D eigenvalue weighted by atomic mass is 9.83. The van der Waals surface area contributed by atoms with Gasteiger partial charge in [-0.1, -0.05) is 43.2 Å². The van der Waals surface area contributed by atoms with Crippen LogP contribution in [0.4, 0.5) is 0 Å². The number of benzene rings is 1. The van der Waals surface area contributed by atoms with Crippen LogP contribution in [0.1, 0.15) is 50.5 Å². The maximum atomic E-state index is 13.0. The molecule has 1 aromatic carbocycles. The summed E-state index contributed by atoms with van der Waals surface area (Å²) in [6.45, 7) is 1.56. The highest BCUT2D eigenvalue weighted by Crippen LogP contribution is 2.38. The van der Waals surface area contributed by atoms with Gasteiger partial charge in [-0.05, 0) is 58.3 Å². The topological polar surface area (TPSA) is 105 Å². The highest BCUT2D eigenvalue weighted by molar-refractivity contribution is 6.04. The Morgan fingerprint density at radius 2 is 1.80 bits per heavy atom. The van der Waals surface area contributed by atoms with Gasteiger partial charge in [-0.15, -0.1) is 0 Å². The van der Waals surface area contributed by atoms with Crippen LogP contribution in [0.2, 0.25) is 0 Å². The Hall–Kier alpha value is -2.41. The van der Waals surface area contributed by atoms with E-state index in [1.165, 1.54) is 0 Å². The number of primary amides is 1. The average Bonchev–Trinajstić information content (AvgIpc) is 3.21. The molecule has 30 heavy (non-hydrogen) atoms. The summed E-state index contributed by atoms with van der Waals surface area (Å²) in [6.07, 6.45) is 4.99. The predicted molar refractivity (Wildman–Crippen MR) is 118 cm³/mol. The zero-order valence-electron chi connectivity index (χ0n) is 18.3. The van der Waals surface area contributed by atoms with Crippen molar-refractivity contribution in [1.82, 2.24) is 15.5 Å². The van der Waals surface area contributed by atoms with Gasteiger partial charge in [0.2, 0.25) is 17.7 Å². The van der Waals surface area contributed by atoms with Gasteiger partial charge in [-0.25, -0.2) is 0 Å². The maximum Gasteiger partial charge on any atom is 0.235 e. The van der Waals surface area contributed by atoms with Gasteiger partial charge in [0.25, 0.3) is 0 Å². The SMILES string of the molecule is CN(C)CCCNC(=O)CCC(Cc1ccccc1)NC(=O)C1(C(N)=O)CCCC1. The first-order valence-corrected chi connectivity index (χ1v) is 10.9. The van der Waals surface area contributed by atoms with E-state index in [0.717, 1.165) is 31.4 Å². The van der Waals surface area contributed by atoms with Crippen LogP contribution in [0.15, 0.2) is 30.3 Å². The molecular formula is C23H36N4O3. The third kappa shape index (κ3) is 7.13. The van der Waals surface area contributed by atoms with Crippen LogP contribution in [0.5, 0.6) is 0 Å². The fourth-order valence-corrected chi connectivity index (χ4v) is 4.03. The van der Waals surface area contributed by atoms with Crippen molar-refractivity contribution in [2.24, 2.45) is 11.1 Å². The molecule has 1 saturated carbocycles. The van der Waals surface area contributed by atoms with Crippen molar-refractivity contribution in [2.75, 3.05) is 27.2 Å². The zero-order chi connectivity index (χ0) is 22.0. The third-order valence-corrected chi connectivity index (χ3v) is 5.85. The Labute approximate surface area is 179 Å². The van der Waals surface area contributed by atoms with Crippen LogP contribution in [0.3, 0.4) is 0 Å². The van der Waals surface area contributed by atoms with E-state index in [4.69, 9.17) is 5.73 Å². The van der Waals surface area contributed by atoms with Crippen molar-refractivity contribution in [3.63, 3.8) is 0 Å². The molecule has 7 heteroatoms. The van der Waals surface area contributed by atoms with Gasteiger partial charge in [-0.2, -0.15) is 0 Å². The summed E-state index contributed by atoms with van der Waals surface area (Å²) in [5.41, 5.74) is 5.58. The van der Waals surface area contributed by atoms with E-state index in [2.05, 4.69) is 15.5 Å². The van der Waals surface area contributed by atoms with Crippen LogP contribution in [0, 0.1) is 5.41 Å². The van der Waals surface area contributed by atoms with Crippen molar-refractivity contribution < 1.29 is 14.4 Å². The standard InChI is InChI=1S/C23H36N4O3/c1-27(2)16-8-15-25-20(28)12-11-19(17-18-9-4-3-5-10-18)26-22(30)23(21(24)29)13-6-7-14-23/h3-5,9-10,19H,6-8,11-17H2,1-2H3,(H2,24,29)(H,25,28)(H,26,30). The van der Waals surface area contributed by atoms with Gasteiger partial charge < -0.3 is 21.3 Å². The summed E-state index contributed by atoms with van der Waals surface area (Å²) in [5, 5.41) is 5.98. The van der Waals surface area contributed by atoms with Crippen molar-refractivity contribution in [3.8, 4) is 0 Å². The molecule has 0 bridgehead atoms. The summed E-state index contributed by atoms with van der Waals surface area (Å²) >= 11 is 0. The number of nitrogens with zero attached hydrogens (tertiary/aromatic N) is 1. The second-order valence-corrected chi connectivity index (χ2v) is 8.56. The Morgan fingerprint density at radius 3 is 2.40 bits per heavy atom. The highest BCUT2D eigenvalue weighted by Gasteiger charge is 2.46. The van der Waals surface area contributed by atoms with Crippen molar-refractivity contribution in [1.29, 1.82) is 0 Å². The van der Waals surface area contributed by atoms with E-state index >= 15 is 0 Å². The normalized spacial score (nSPS) is 16.2. The monoisotopic (exact) mass is 416 g/mol. The molecule has 1 aliphatic rings. The molecule has 166 valence electrons. The minimum atomic E-state index is -1.11. The predicted octanol–water partition coefficient (Wildman–Crippen LogP) is 1.61. The van der Waals surface area contributed by atoms with Crippen molar-refractivity contribution >= 4 is 17.7 Å². The molecule has 0 heterocycles. The summed E-state index contributed by atoms with van der Waals surface area (Å²) in [7, 11) is 4.00. The number of hydrogen-bond donors (Lipinski definition) is 3. The summed E-state index contributed by atoms with van der Waals surface area (Å²) in [4.78, 5) is 39.4. The third-order valence-electron chi connectivity index (χ3n) is 5.85. The average molecular weight is 417 g/mol. The Kier molecular flexibility index (Phi) is 9.30. The van der Waals surface area contributed by atoms with E-state index < -0.39 is 11.3 Å². The zero-order valence-corrected chi connectivity index (χ0v) is 18.3. The molecule has 1 unspecified atom stereocenters. The Morgan fingerprint density at radius 1 is 1.13 bits per heavy atom. The van der Waals surface area contributed by atoms with Crippen LogP contribution in [-0.2, 0) is 20.8 Å². The first-order valence-electron chi connectivity index (χ1n) is 10.9. The van der Waals surface area contributed by atoms with Crippen LogP contribution in [-0.4, -0.2) is 55.8 Å². The summed E-state index contributed by atoms with van der Waals surface area (Å²) < 4.78 is 0. The van der Waals surface area contributed by atoms with Gasteiger partial charge in [0.1, 0.15) is 5.41 Å². The summed E-state index contributed by atoms with van der Waals surface area (Å²) in [5.74, 6) is -0.860. The maximum absolute atomic E-state index is 13.0. The lowest BCUT2D eigenvalue weighted by Crippen LogP contribution is -2.51. The number of hydrogen-bond acceptors (Lipinski definition) is 4. The molecule has 7 nitrogen and oxygen atoms in total. The number of carbonyl (C=O) groups excluding carboxylic acids is 3. The molecule has 1 fully saturated rings. The molecule has 1 atom stereocenters. The van der Waals surface area contributed by atoms with E-state index in [9.17, 15) is 14.4 Å². The van der Waals surface area contributed by atoms with Gasteiger partial charge in [0.15, 0.2) is 0 Å². The molecule has 1 aliphatic carbocycles. The van der Waals surface area contributed by atoms with Crippen molar-refractivity contribution in [2.45, 2.75) is 57.4 Å². The molecule has 0 aliphatic heterocycles. The molecule has 0 spiro atoms. The fraction of sp³-hybridized carbons (Fsp3) is 0.609. The number of carbonyl (C=O) groups is 3. The van der Waals surface area contributed by atoms with E-state index in [-0.39, 0.29) is 17.9 Å². The first-order chi connectivity index (χ1) is 14.3. The number of amides is 3. The molecule has 3 amide bonds. The van der Waals surface area contributed by atoms with Gasteiger partial charge in [-0.3, -0.25) is 14.4 Å². The smallest absolute Gasteiger partial charge is 0.235 e. The van der Waals surface area contributed by atoms with Gasteiger partial charge in [0, 0.05) is 19.0 Å². The second-order valence-electron chi connectivity index (χ2n) is 8.56. The largest absolute Gasteiger partial charge is 0.369 e. The molecule has 4 N–H and O–H groups in total.